The Morgan fingerprint density at radius 2 is 2.04 bits per heavy atom. The van der Waals surface area contributed by atoms with Gasteiger partial charge >= 0.3 is 0 Å². The van der Waals surface area contributed by atoms with E-state index >= 15 is 0 Å². The number of hydrogen-bond donors (Lipinski definition) is 0. The third-order valence-corrected chi connectivity index (χ3v) is 4.59. The van der Waals surface area contributed by atoms with Gasteiger partial charge in [0.05, 0.1) is 18.5 Å². The number of hydrogen-bond acceptors (Lipinski definition) is 8. The average molecular weight is 354 g/mol. The molecule has 1 aliphatic rings. The van der Waals surface area contributed by atoms with Gasteiger partial charge < -0.3 is 18.7 Å². The van der Waals surface area contributed by atoms with Crippen molar-refractivity contribution < 1.29 is 8.94 Å². The highest BCUT2D eigenvalue weighted by molar-refractivity contribution is 5.57. The quantitative estimate of drug-likeness (QED) is 0.704. The molecule has 26 heavy (non-hydrogen) atoms. The Morgan fingerprint density at radius 3 is 2.77 bits per heavy atom. The first-order valence-corrected chi connectivity index (χ1v) is 8.72. The molecule has 3 aromatic rings. The topological polar surface area (TPSA) is 84.3 Å². The van der Waals surface area contributed by atoms with Gasteiger partial charge in [-0.15, -0.1) is 0 Å². The van der Waals surface area contributed by atoms with E-state index in [-0.39, 0.29) is 0 Å². The Balaban J connectivity index is 1.74. The lowest BCUT2D eigenvalue weighted by Crippen LogP contribution is -2.22. The molecular weight excluding hydrogens is 332 g/mol. The van der Waals surface area contributed by atoms with Crippen LogP contribution in [0.25, 0.3) is 11.6 Å². The zero-order valence-corrected chi connectivity index (χ0v) is 15.3. The van der Waals surface area contributed by atoms with E-state index < -0.39 is 0 Å². The zero-order chi connectivity index (χ0) is 18.1. The molecule has 0 unspecified atom stereocenters. The average Bonchev–Trinajstić information content (AvgIpc) is 3.26. The fourth-order valence-electron chi connectivity index (χ4n) is 3.21. The van der Waals surface area contributed by atoms with Crippen LogP contribution in [0.1, 0.15) is 23.0 Å². The first-order valence-electron chi connectivity index (χ1n) is 8.72. The standard InChI is InChI=1S/C18H22N6O2/c1-12-19-16(26-22-12)11-24(3)18-13-6-8-23(2)9-7-14(13)20-17(21-18)15-5-4-10-25-15/h4-5,10H,6-9,11H2,1-3H3. The lowest BCUT2D eigenvalue weighted by Gasteiger charge is -2.21. The molecule has 0 radical (unpaired) electrons. The van der Waals surface area contributed by atoms with Crippen molar-refractivity contribution >= 4 is 5.82 Å². The minimum Gasteiger partial charge on any atom is -0.461 e. The molecule has 0 bridgehead atoms. The number of aromatic nitrogens is 4. The van der Waals surface area contributed by atoms with Gasteiger partial charge in [0.2, 0.25) is 5.89 Å². The van der Waals surface area contributed by atoms with Gasteiger partial charge in [-0.05, 0) is 32.5 Å². The summed E-state index contributed by atoms with van der Waals surface area (Å²) in [6, 6.07) is 3.73. The molecule has 4 heterocycles. The Bertz CT molecular complexity index is 889. The summed E-state index contributed by atoms with van der Waals surface area (Å²) < 4.78 is 10.8. The first-order chi connectivity index (χ1) is 12.6. The van der Waals surface area contributed by atoms with E-state index in [9.17, 15) is 0 Å². The van der Waals surface area contributed by atoms with Gasteiger partial charge in [-0.25, -0.2) is 9.97 Å². The molecule has 0 N–H and O–H groups in total. The normalized spacial score (nSPS) is 14.9. The molecule has 0 fully saturated rings. The Labute approximate surface area is 151 Å². The molecule has 0 aromatic carbocycles. The molecule has 1 aliphatic heterocycles. The van der Waals surface area contributed by atoms with Crippen LogP contribution in [0, 0.1) is 6.92 Å². The van der Waals surface area contributed by atoms with Crippen LogP contribution < -0.4 is 4.90 Å². The van der Waals surface area contributed by atoms with E-state index in [1.807, 2.05) is 31.0 Å². The van der Waals surface area contributed by atoms with Crippen molar-refractivity contribution in [1.82, 2.24) is 25.0 Å². The summed E-state index contributed by atoms with van der Waals surface area (Å²) in [5.74, 6) is 3.39. The molecule has 0 spiro atoms. The van der Waals surface area contributed by atoms with Gasteiger partial charge in [-0.2, -0.15) is 4.98 Å². The van der Waals surface area contributed by atoms with Crippen LogP contribution in [0.15, 0.2) is 27.3 Å². The number of fused-ring (bicyclic) bond motifs is 1. The van der Waals surface area contributed by atoms with E-state index in [2.05, 4.69) is 22.1 Å². The molecule has 0 aliphatic carbocycles. The maximum Gasteiger partial charge on any atom is 0.246 e. The fourth-order valence-corrected chi connectivity index (χ4v) is 3.21. The highest BCUT2D eigenvalue weighted by Gasteiger charge is 2.23. The van der Waals surface area contributed by atoms with Crippen LogP contribution in [0.5, 0.6) is 0 Å². The molecule has 0 atom stereocenters. The van der Waals surface area contributed by atoms with Gasteiger partial charge in [0.25, 0.3) is 0 Å². The van der Waals surface area contributed by atoms with Crippen LogP contribution in [0.4, 0.5) is 5.82 Å². The van der Waals surface area contributed by atoms with Crippen molar-refractivity contribution in [3.63, 3.8) is 0 Å². The summed E-state index contributed by atoms with van der Waals surface area (Å²) in [5, 5.41) is 3.87. The third kappa shape index (κ3) is 3.32. The molecule has 0 saturated heterocycles. The van der Waals surface area contributed by atoms with E-state index in [1.54, 1.807) is 6.26 Å². The maximum atomic E-state index is 5.52. The van der Waals surface area contributed by atoms with Crippen molar-refractivity contribution in [2.75, 3.05) is 32.1 Å². The highest BCUT2D eigenvalue weighted by atomic mass is 16.5. The minimum atomic E-state index is 0.498. The van der Waals surface area contributed by atoms with Crippen molar-refractivity contribution in [3.8, 4) is 11.6 Å². The second kappa shape index (κ2) is 6.87. The number of nitrogens with zero attached hydrogens (tertiary/aromatic N) is 6. The smallest absolute Gasteiger partial charge is 0.246 e. The predicted molar refractivity (Wildman–Crippen MR) is 95.8 cm³/mol. The van der Waals surface area contributed by atoms with E-state index in [0.29, 0.717) is 29.8 Å². The van der Waals surface area contributed by atoms with Crippen molar-refractivity contribution in [2.24, 2.45) is 0 Å². The molecule has 0 saturated carbocycles. The van der Waals surface area contributed by atoms with Crippen molar-refractivity contribution in [3.05, 3.63) is 41.4 Å². The van der Waals surface area contributed by atoms with Gasteiger partial charge in [0.15, 0.2) is 17.4 Å². The van der Waals surface area contributed by atoms with Gasteiger partial charge in [0.1, 0.15) is 5.82 Å². The SMILES string of the molecule is Cc1noc(CN(C)c2nc(-c3ccco3)nc3c2CCN(C)CC3)n1. The van der Waals surface area contributed by atoms with Crippen molar-refractivity contribution in [1.29, 1.82) is 0 Å². The second-order valence-electron chi connectivity index (χ2n) is 6.67. The van der Waals surface area contributed by atoms with Gasteiger partial charge in [0, 0.05) is 32.1 Å². The molecule has 136 valence electrons. The number of furan rings is 1. The number of aryl methyl sites for hydroxylation is 1. The van der Waals surface area contributed by atoms with Crippen LogP contribution in [-0.4, -0.2) is 52.2 Å². The predicted octanol–water partition coefficient (Wildman–Crippen LogP) is 2.09. The molecule has 3 aromatic heterocycles. The van der Waals surface area contributed by atoms with Crippen LogP contribution in [0.2, 0.25) is 0 Å². The summed E-state index contributed by atoms with van der Waals surface area (Å²) in [5.41, 5.74) is 2.27. The Kier molecular flexibility index (Phi) is 4.42. The Hall–Kier alpha value is -2.74. The van der Waals surface area contributed by atoms with E-state index in [4.69, 9.17) is 18.9 Å². The molecular formula is C18H22N6O2. The summed E-state index contributed by atoms with van der Waals surface area (Å²) >= 11 is 0. The maximum absolute atomic E-state index is 5.52. The molecule has 0 amide bonds. The molecule has 8 heteroatoms. The monoisotopic (exact) mass is 354 g/mol. The third-order valence-electron chi connectivity index (χ3n) is 4.59. The Morgan fingerprint density at radius 1 is 1.19 bits per heavy atom. The van der Waals surface area contributed by atoms with Crippen LogP contribution >= 0.6 is 0 Å². The van der Waals surface area contributed by atoms with Crippen molar-refractivity contribution in [2.45, 2.75) is 26.3 Å². The number of likely N-dealkylation sites (N-methyl/N-ethyl adjacent to an activating group) is 1. The highest BCUT2D eigenvalue weighted by Crippen LogP contribution is 2.28. The summed E-state index contributed by atoms with van der Waals surface area (Å²) in [6.45, 7) is 4.27. The summed E-state index contributed by atoms with van der Waals surface area (Å²) in [7, 11) is 4.13. The largest absolute Gasteiger partial charge is 0.461 e. The van der Waals surface area contributed by atoms with Gasteiger partial charge in [-0.1, -0.05) is 5.16 Å². The molecule has 4 rings (SSSR count). The lowest BCUT2D eigenvalue weighted by molar-refractivity contribution is 0.352. The number of rotatable bonds is 4. The van der Waals surface area contributed by atoms with Gasteiger partial charge in [-0.3, -0.25) is 0 Å². The zero-order valence-electron chi connectivity index (χ0n) is 15.3. The summed E-state index contributed by atoms with van der Waals surface area (Å²) in [6.07, 6.45) is 3.44. The molecule has 8 nitrogen and oxygen atoms in total. The van der Waals surface area contributed by atoms with Crippen LogP contribution in [-0.2, 0) is 19.4 Å². The number of anilines is 1. The van der Waals surface area contributed by atoms with E-state index in [1.165, 1.54) is 5.56 Å². The van der Waals surface area contributed by atoms with E-state index in [0.717, 1.165) is 37.4 Å². The minimum absolute atomic E-state index is 0.498. The summed E-state index contributed by atoms with van der Waals surface area (Å²) in [4.78, 5) is 18.3. The van der Waals surface area contributed by atoms with Crippen LogP contribution in [0.3, 0.4) is 0 Å². The second-order valence-corrected chi connectivity index (χ2v) is 6.67. The first kappa shape index (κ1) is 16.7. The lowest BCUT2D eigenvalue weighted by atomic mass is 10.1. The fraction of sp³-hybridized carbons (Fsp3) is 0.444.